The summed E-state index contributed by atoms with van der Waals surface area (Å²) < 4.78 is 121. The van der Waals surface area contributed by atoms with Crippen LogP contribution in [0.25, 0.3) is 0 Å². The van der Waals surface area contributed by atoms with Crippen LogP contribution in [0.3, 0.4) is 0 Å². The van der Waals surface area contributed by atoms with Gasteiger partial charge >= 0.3 is 5.97 Å². The highest BCUT2D eigenvalue weighted by molar-refractivity contribution is 8.00. The highest BCUT2D eigenvalue weighted by Crippen LogP contribution is 2.51. The van der Waals surface area contributed by atoms with Crippen LogP contribution in [0.2, 0.25) is 0 Å². The number of hydrogen-bond acceptors (Lipinski definition) is 7. The van der Waals surface area contributed by atoms with Gasteiger partial charge in [0.15, 0.2) is 0 Å². The summed E-state index contributed by atoms with van der Waals surface area (Å²) in [5.74, 6) is -6.23. The summed E-state index contributed by atoms with van der Waals surface area (Å²) in [5.41, 5.74) is -3.81. The summed E-state index contributed by atoms with van der Waals surface area (Å²) in [6.07, 6.45) is -4.93. The number of nitrogens with zero attached hydrogens (tertiary/aromatic N) is 1. The van der Waals surface area contributed by atoms with Crippen LogP contribution in [-0.2, 0) is 19.4 Å². The van der Waals surface area contributed by atoms with Gasteiger partial charge in [-0.3, -0.25) is 4.79 Å². The minimum atomic E-state index is -4.82. The Bertz CT molecular complexity index is 1430. The predicted molar refractivity (Wildman–Crippen MR) is 141 cm³/mol. The molecular formula is C27H27F6NO6S2. The third kappa shape index (κ3) is 6.05. The lowest BCUT2D eigenvalue weighted by Gasteiger charge is -2.37. The number of carbonyl (C=O) groups is 1. The molecule has 1 N–H and O–H groups in total. The van der Waals surface area contributed by atoms with E-state index in [2.05, 4.69) is 0 Å². The lowest BCUT2D eigenvalue weighted by atomic mass is 9.87. The third-order valence-electron chi connectivity index (χ3n) is 7.66. The van der Waals surface area contributed by atoms with Crippen molar-refractivity contribution in [3.8, 4) is 5.75 Å². The Morgan fingerprint density at radius 3 is 2.38 bits per heavy atom. The molecular weight excluding hydrogens is 612 g/mol. The Morgan fingerprint density at radius 2 is 1.83 bits per heavy atom. The predicted octanol–water partition coefficient (Wildman–Crippen LogP) is 6.08. The molecule has 2 atom stereocenters. The van der Waals surface area contributed by atoms with Crippen molar-refractivity contribution < 1.29 is 54.1 Å². The molecule has 0 spiro atoms. The second-order valence-corrected chi connectivity index (χ2v) is 14.2. The second-order valence-electron chi connectivity index (χ2n) is 10.8. The molecule has 0 amide bonds. The molecule has 5 rings (SSSR count). The summed E-state index contributed by atoms with van der Waals surface area (Å²) in [4.78, 5) is 12.9. The second kappa shape index (κ2) is 11.5. The van der Waals surface area contributed by atoms with E-state index in [4.69, 9.17) is 9.47 Å². The van der Waals surface area contributed by atoms with Gasteiger partial charge < -0.3 is 19.5 Å². The van der Waals surface area contributed by atoms with Gasteiger partial charge in [0.1, 0.15) is 23.6 Å². The van der Waals surface area contributed by atoms with Gasteiger partial charge in [-0.1, -0.05) is 0 Å². The summed E-state index contributed by atoms with van der Waals surface area (Å²) in [5, 5.41) is 9.07. The summed E-state index contributed by atoms with van der Waals surface area (Å²) in [7, 11) is -4.82. The molecule has 2 aliphatic heterocycles. The minimum absolute atomic E-state index is 0.0651. The normalized spacial score (nSPS) is 24.3. The molecule has 2 fully saturated rings. The first-order valence-electron chi connectivity index (χ1n) is 13.1. The van der Waals surface area contributed by atoms with E-state index in [1.807, 2.05) is 0 Å². The monoisotopic (exact) mass is 639 g/mol. The van der Waals surface area contributed by atoms with Crippen molar-refractivity contribution in [2.45, 2.75) is 58.6 Å². The van der Waals surface area contributed by atoms with E-state index in [1.165, 1.54) is 23.1 Å². The van der Waals surface area contributed by atoms with E-state index in [-0.39, 0.29) is 41.8 Å². The van der Waals surface area contributed by atoms with Crippen LogP contribution in [0.5, 0.6) is 5.75 Å². The molecule has 1 saturated carbocycles. The third-order valence-corrected chi connectivity index (χ3v) is 10.8. The zero-order chi connectivity index (χ0) is 30.4. The number of alkyl halides is 5. The zero-order valence-electron chi connectivity index (χ0n) is 22.0. The molecule has 0 radical (unpaired) electrons. The fourth-order valence-electron chi connectivity index (χ4n) is 5.09. The number of aliphatic carboxylic acids is 1. The average Bonchev–Trinajstić information content (AvgIpc) is 2.94. The number of hydrogen-bond donors (Lipinski definition) is 1. The van der Waals surface area contributed by atoms with Gasteiger partial charge in [0.2, 0.25) is 27.7 Å². The molecule has 1 saturated heterocycles. The Hall–Kier alpha value is -2.65. The fourth-order valence-corrected chi connectivity index (χ4v) is 8.23. The number of carboxylic acid groups (broad SMARTS) is 1. The number of rotatable bonds is 10. The molecule has 0 bridgehead atoms. The number of sulfone groups is 1. The van der Waals surface area contributed by atoms with Gasteiger partial charge in [-0.2, -0.15) is 0 Å². The Labute approximate surface area is 242 Å². The molecule has 3 aliphatic rings. The number of anilines is 2. The summed E-state index contributed by atoms with van der Waals surface area (Å²) in [6.45, 7) is -1.12. The van der Waals surface area contributed by atoms with Crippen molar-refractivity contribution in [3.05, 3.63) is 42.2 Å². The van der Waals surface area contributed by atoms with Crippen molar-refractivity contribution in [1.29, 1.82) is 0 Å². The number of ether oxygens (including phenoxy) is 2. The molecule has 1 aliphatic carbocycles. The number of thioether (sulfide) groups is 1. The maximum absolute atomic E-state index is 15.8. The molecule has 0 aromatic heterocycles. The van der Waals surface area contributed by atoms with Crippen LogP contribution >= 0.6 is 11.8 Å². The summed E-state index contributed by atoms with van der Waals surface area (Å²) >= 11 is 0.981. The van der Waals surface area contributed by atoms with E-state index in [1.54, 1.807) is 0 Å². The molecule has 0 unspecified atom stereocenters. The van der Waals surface area contributed by atoms with Crippen molar-refractivity contribution in [1.82, 2.24) is 0 Å². The van der Waals surface area contributed by atoms with Crippen LogP contribution < -0.4 is 9.64 Å². The van der Waals surface area contributed by atoms with Gasteiger partial charge in [0, 0.05) is 48.7 Å². The SMILES string of the molecule is O=C(O)C1(COc2cc3c(cc2SC2CC(F)(F)C2)N(c2ccc(F)cc2)C[C@@H](CCC(F)F)[C@@H](F)S3(=O)=O)COC1. The topological polar surface area (TPSA) is 93.1 Å². The zero-order valence-corrected chi connectivity index (χ0v) is 23.6. The molecule has 230 valence electrons. The van der Waals surface area contributed by atoms with Crippen molar-refractivity contribution >= 4 is 38.9 Å². The lowest BCUT2D eigenvalue weighted by molar-refractivity contribution is -0.185. The van der Waals surface area contributed by atoms with E-state index < -0.39 is 93.2 Å². The van der Waals surface area contributed by atoms with Crippen LogP contribution in [0, 0.1) is 17.2 Å². The smallest absolute Gasteiger partial charge is 0.317 e. The Morgan fingerprint density at radius 1 is 1.17 bits per heavy atom. The molecule has 15 heteroatoms. The largest absolute Gasteiger partial charge is 0.491 e. The van der Waals surface area contributed by atoms with Crippen molar-refractivity contribution in [3.63, 3.8) is 0 Å². The molecule has 7 nitrogen and oxygen atoms in total. The van der Waals surface area contributed by atoms with Gasteiger partial charge in [0.05, 0.1) is 28.7 Å². The van der Waals surface area contributed by atoms with Gasteiger partial charge in [-0.05, 0) is 36.8 Å². The van der Waals surface area contributed by atoms with Crippen molar-refractivity contribution in [2.24, 2.45) is 11.3 Å². The Kier molecular flexibility index (Phi) is 8.40. The first kappa shape index (κ1) is 30.8. The van der Waals surface area contributed by atoms with E-state index >= 15 is 4.39 Å². The highest BCUT2D eigenvalue weighted by Gasteiger charge is 2.49. The molecule has 2 aromatic rings. The van der Waals surface area contributed by atoms with Crippen LogP contribution in [-0.4, -0.2) is 69.0 Å². The van der Waals surface area contributed by atoms with Crippen molar-refractivity contribution in [2.75, 3.05) is 31.3 Å². The summed E-state index contributed by atoms with van der Waals surface area (Å²) in [6, 6.07) is 7.21. The average molecular weight is 640 g/mol. The fraction of sp³-hybridized carbons (Fsp3) is 0.519. The van der Waals surface area contributed by atoms with E-state index in [9.17, 15) is 40.3 Å². The molecule has 2 heterocycles. The number of carboxylic acids is 1. The van der Waals surface area contributed by atoms with Crippen LogP contribution in [0.1, 0.15) is 25.7 Å². The first-order valence-corrected chi connectivity index (χ1v) is 15.5. The van der Waals surface area contributed by atoms with Gasteiger partial charge in [-0.15, -0.1) is 11.8 Å². The highest BCUT2D eigenvalue weighted by atomic mass is 32.2. The standard InChI is InChI=1S/C27H27F6NO6S2/c28-16-2-4-17(5-3-16)34-11-15(1-6-23(29)30)24(31)42(37,38)22-8-20(40-14-26(25(35)36)12-39-13-26)21(7-19(22)34)41-18-9-27(32,33)10-18/h2-5,7-8,15,18,23-24H,1,6,9-14H2,(H,35,36)/t15-,24+/m1/s1. The van der Waals surface area contributed by atoms with E-state index in [0.29, 0.717) is 0 Å². The van der Waals surface area contributed by atoms with Crippen LogP contribution in [0.15, 0.2) is 46.2 Å². The van der Waals surface area contributed by atoms with E-state index in [0.717, 1.165) is 30.0 Å². The number of fused-ring (bicyclic) bond motifs is 1. The number of halogens is 6. The van der Waals surface area contributed by atoms with Gasteiger partial charge in [0.25, 0.3) is 0 Å². The lowest BCUT2D eigenvalue weighted by Crippen LogP contribution is -2.53. The number of benzene rings is 2. The minimum Gasteiger partial charge on any atom is -0.491 e. The van der Waals surface area contributed by atoms with Crippen LogP contribution in [0.4, 0.5) is 37.7 Å². The Balaban J connectivity index is 1.61. The maximum atomic E-state index is 15.8. The molecule has 42 heavy (non-hydrogen) atoms. The quantitative estimate of drug-likeness (QED) is 0.313. The first-order chi connectivity index (χ1) is 19.7. The molecule has 2 aromatic carbocycles. The maximum Gasteiger partial charge on any atom is 0.317 e. The van der Waals surface area contributed by atoms with Gasteiger partial charge in [-0.25, -0.2) is 34.8 Å².